The molecule has 2 aromatic carbocycles. The molecule has 0 spiro atoms. The van der Waals surface area contributed by atoms with Gasteiger partial charge in [-0.2, -0.15) is 39.5 Å². The Kier molecular flexibility index (Phi) is 16.7. The van der Waals surface area contributed by atoms with Crippen LogP contribution in [0.1, 0.15) is 90.4 Å². The van der Waals surface area contributed by atoms with E-state index >= 15 is 0 Å². The molecule has 8 aliphatic rings. The maximum absolute atomic E-state index is 14.1. The van der Waals surface area contributed by atoms with Crippen molar-refractivity contribution in [1.29, 1.82) is 0 Å². The lowest BCUT2D eigenvalue weighted by Gasteiger charge is -2.55. The number of carbonyl (C=O) groups is 3. The minimum atomic E-state index is -6.91. The SMILES string of the molecule is CCOC(=O)C(OCCC(F)(F)C(F)(F)S(=O)(=O)[O-])(OC(=O)C12CC3CC(CC(C3)C1)C2)C(F)(F)F.O=C(OCC(F)(F)S(=O)(=O)[O-])C12CC3CC(CC(C3)C1)C2.c1ccc([I+]c2ccccc2)cc1. The smallest absolute Gasteiger partial charge is 0.468 e. The van der Waals surface area contributed by atoms with Gasteiger partial charge in [0.05, 0.1) is 24.0 Å². The summed E-state index contributed by atoms with van der Waals surface area (Å²) in [7, 11) is -12.7. The van der Waals surface area contributed by atoms with Crippen LogP contribution < -0.4 is 21.2 Å². The van der Waals surface area contributed by atoms with Gasteiger partial charge in [0.1, 0.15) is 0 Å². The van der Waals surface area contributed by atoms with Crippen LogP contribution in [0, 0.1) is 53.5 Å². The van der Waals surface area contributed by atoms with Gasteiger partial charge in [0, 0.05) is 6.42 Å². The Morgan fingerprint density at radius 2 is 1.00 bits per heavy atom. The van der Waals surface area contributed by atoms with E-state index in [9.17, 15) is 79.8 Å². The fourth-order valence-electron chi connectivity index (χ4n) is 11.7. The summed E-state index contributed by atoms with van der Waals surface area (Å²) < 4.78 is 206. The molecule has 0 heterocycles. The van der Waals surface area contributed by atoms with Crippen LogP contribution in [0.15, 0.2) is 60.7 Å². The number of halogens is 10. The first-order chi connectivity index (χ1) is 32.4. The first-order valence-electron chi connectivity index (χ1n) is 22.4. The molecule has 8 saturated carbocycles. The number of esters is 3. The molecule has 1 atom stereocenters. The number of carbonyl (C=O) groups excluding carboxylic acids is 3. The first kappa shape index (κ1) is 56.0. The van der Waals surface area contributed by atoms with Gasteiger partial charge in [0.25, 0.3) is 0 Å². The quantitative estimate of drug-likeness (QED) is 0.0514. The highest BCUT2D eigenvalue weighted by atomic mass is 127. The Balaban J connectivity index is 0.000000196. The van der Waals surface area contributed by atoms with E-state index in [4.69, 9.17) is 0 Å². The second kappa shape index (κ2) is 20.9. The van der Waals surface area contributed by atoms with Crippen molar-refractivity contribution in [2.24, 2.45) is 46.3 Å². The van der Waals surface area contributed by atoms with Gasteiger partial charge in [-0.05, 0) is 144 Å². The van der Waals surface area contributed by atoms with E-state index in [2.05, 4.69) is 79.6 Å². The zero-order chi connectivity index (χ0) is 51.8. The zero-order valence-corrected chi connectivity index (χ0v) is 41.2. The number of alkyl halides is 9. The summed E-state index contributed by atoms with van der Waals surface area (Å²) in [6.45, 7) is -3.32. The van der Waals surface area contributed by atoms with Gasteiger partial charge < -0.3 is 28.1 Å². The number of rotatable bonds is 16. The van der Waals surface area contributed by atoms with Crippen molar-refractivity contribution >= 4 is 38.1 Å². The second-order valence-electron chi connectivity index (χ2n) is 19.2. The van der Waals surface area contributed by atoms with Crippen LogP contribution in [0.3, 0.4) is 0 Å². The van der Waals surface area contributed by atoms with Crippen LogP contribution in [0.4, 0.5) is 39.5 Å². The number of hydrogen-bond acceptors (Lipinski definition) is 13. The van der Waals surface area contributed by atoms with E-state index in [0.717, 1.165) is 45.4 Å². The first-order valence-corrected chi connectivity index (χ1v) is 27.4. The van der Waals surface area contributed by atoms with E-state index in [1.54, 1.807) is 0 Å². The molecule has 0 N–H and O–H groups in total. The topological polar surface area (TPSA) is 203 Å². The van der Waals surface area contributed by atoms with E-state index in [1.165, 1.54) is 7.14 Å². The molecule has 0 amide bonds. The molecular weight excluding hydrogens is 1110 g/mol. The molecule has 0 aromatic heterocycles. The molecule has 0 saturated heterocycles. The van der Waals surface area contributed by atoms with Crippen LogP contribution in [0.25, 0.3) is 0 Å². The van der Waals surface area contributed by atoms with Crippen LogP contribution in [0.2, 0.25) is 0 Å². The highest BCUT2D eigenvalue weighted by molar-refractivity contribution is 7.87. The lowest BCUT2D eigenvalue weighted by atomic mass is 9.49. The van der Waals surface area contributed by atoms with Gasteiger partial charge in [-0.25, -0.2) is 21.6 Å². The molecule has 8 bridgehead atoms. The lowest BCUT2D eigenvalue weighted by Crippen LogP contribution is -3.61. The highest BCUT2D eigenvalue weighted by Crippen LogP contribution is 2.62. The van der Waals surface area contributed by atoms with Crippen molar-refractivity contribution in [1.82, 2.24) is 0 Å². The third-order valence-electron chi connectivity index (χ3n) is 14.0. The fourth-order valence-corrected chi connectivity index (χ4v) is 14.6. The molecule has 8 aliphatic carbocycles. The van der Waals surface area contributed by atoms with Crippen LogP contribution in [0.5, 0.6) is 0 Å². The molecule has 0 radical (unpaired) electrons. The summed E-state index contributed by atoms with van der Waals surface area (Å²) in [5.41, 5.74) is -2.10. The summed E-state index contributed by atoms with van der Waals surface area (Å²) in [6.07, 6.45) is -0.249. The molecule has 392 valence electrons. The summed E-state index contributed by atoms with van der Waals surface area (Å²) in [6, 6.07) is 21.4. The predicted molar refractivity (Wildman–Crippen MR) is 219 cm³/mol. The second-order valence-corrected chi connectivity index (χ2v) is 25.2. The fraction of sp³-hybridized carbons (Fsp3) is 0.667. The average Bonchev–Trinajstić information content (AvgIpc) is 3.24. The van der Waals surface area contributed by atoms with Gasteiger partial charge >= 0.3 is 67.5 Å². The maximum Gasteiger partial charge on any atom is 0.468 e. The maximum atomic E-state index is 14.1. The summed E-state index contributed by atoms with van der Waals surface area (Å²) in [4.78, 5) is 37.7. The Labute approximate surface area is 409 Å². The molecular formula is C45H51F9IO13S2-. The minimum Gasteiger partial charge on any atom is -0.743 e. The Hall–Kier alpha value is -3.27. The Morgan fingerprint density at radius 1 is 0.614 bits per heavy atom. The molecule has 70 heavy (non-hydrogen) atoms. The molecule has 13 nitrogen and oxygen atoms in total. The summed E-state index contributed by atoms with van der Waals surface area (Å²) >= 11 is 0.0287. The molecule has 1 unspecified atom stereocenters. The normalized spacial score (nSPS) is 28.9. The van der Waals surface area contributed by atoms with Gasteiger partial charge in [0.2, 0.25) is 0 Å². The van der Waals surface area contributed by atoms with Crippen LogP contribution >= 0.6 is 0 Å². The average molecular weight is 1160 g/mol. The largest absolute Gasteiger partial charge is 0.743 e. The van der Waals surface area contributed by atoms with E-state index < -0.39 is 104 Å². The highest BCUT2D eigenvalue weighted by Gasteiger charge is 2.70. The van der Waals surface area contributed by atoms with Crippen LogP contribution in [-0.2, 0) is 53.6 Å². The van der Waals surface area contributed by atoms with Crippen molar-refractivity contribution in [3.05, 3.63) is 67.8 Å². The molecule has 2 aromatic rings. The number of ether oxygens (including phenoxy) is 4. The van der Waals surface area contributed by atoms with E-state index in [0.29, 0.717) is 37.0 Å². The predicted octanol–water partition coefficient (Wildman–Crippen LogP) is 5.45. The molecule has 10 rings (SSSR count). The third-order valence-corrected chi connectivity index (χ3v) is 18.4. The van der Waals surface area contributed by atoms with Gasteiger partial charge in [-0.1, -0.05) is 36.4 Å². The standard InChI is InChI=1S/C20H25F7O8S.C13H18F2O5S.C12H10I/c1-2-33-15(29)18(19(23,24)25,34-4-3-17(21,22)20(26,27)36(30,31)32)35-14(28)16-8-11-5-12(9-16)7-13(6-11)10-16;14-13(15,21(17,18)19)7-20-11(16)12-4-8-1-9(5-12)3-10(2-8)6-12;1-3-7-11(8-4-1)13-12-9-5-2-6-10-12/h11-13H,2-10H2,1H3,(H,30,31,32);8-10H,1-7H2,(H,17,18,19);1-10H/q;;+1/p-2. The van der Waals surface area contributed by atoms with Crippen molar-refractivity contribution in [3.63, 3.8) is 0 Å². The van der Waals surface area contributed by atoms with Crippen molar-refractivity contribution in [2.75, 3.05) is 19.8 Å². The van der Waals surface area contributed by atoms with Gasteiger partial charge in [-0.3, -0.25) is 9.59 Å². The lowest BCUT2D eigenvalue weighted by molar-refractivity contribution is -0.597. The Morgan fingerprint density at radius 3 is 1.34 bits per heavy atom. The van der Waals surface area contributed by atoms with Gasteiger partial charge in [0.15, 0.2) is 34.0 Å². The van der Waals surface area contributed by atoms with Crippen LogP contribution in [-0.4, -0.2) is 92.1 Å². The molecule has 8 fully saturated rings. The summed E-state index contributed by atoms with van der Waals surface area (Å²) in [5, 5.41) is -10.8. The summed E-state index contributed by atoms with van der Waals surface area (Å²) in [5.74, 6) is -13.3. The minimum absolute atomic E-state index is 0.0287. The monoisotopic (exact) mass is 1160 g/mol. The van der Waals surface area contributed by atoms with Crippen molar-refractivity contribution in [2.45, 2.75) is 119 Å². The van der Waals surface area contributed by atoms with Gasteiger partial charge in [-0.15, -0.1) is 0 Å². The van der Waals surface area contributed by atoms with Crippen molar-refractivity contribution in [3.8, 4) is 0 Å². The third kappa shape index (κ3) is 12.2. The molecule has 0 aliphatic heterocycles. The Bertz CT molecular complexity index is 2300. The molecule has 25 heteroatoms. The van der Waals surface area contributed by atoms with E-state index in [-0.39, 0.29) is 58.2 Å². The number of benzene rings is 2. The van der Waals surface area contributed by atoms with E-state index in [1.807, 2.05) is 0 Å². The zero-order valence-electron chi connectivity index (χ0n) is 37.5. The number of hydrogen-bond donors (Lipinski definition) is 0. The van der Waals surface area contributed by atoms with Crippen molar-refractivity contribution < 1.29 is 120 Å².